The molecule has 0 atom stereocenters. The summed E-state index contributed by atoms with van der Waals surface area (Å²) in [5.74, 6) is -1.15. The molecule has 1 aromatic carbocycles. The highest BCUT2D eigenvalue weighted by molar-refractivity contribution is 8.00. The minimum atomic E-state index is -5.17. The zero-order valence-electron chi connectivity index (χ0n) is 10.1. The summed E-state index contributed by atoms with van der Waals surface area (Å²) in [4.78, 5) is 9.97. The predicted molar refractivity (Wildman–Crippen MR) is 59.4 cm³/mol. The number of benzene rings is 1. The van der Waals surface area contributed by atoms with Crippen molar-refractivity contribution in [1.82, 2.24) is 0 Å². The van der Waals surface area contributed by atoms with Gasteiger partial charge < -0.3 is 4.74 Å². The number of carbonyl (C=O) groups is 1. The molecular formula is C11H5F6NO2S. The zero-order chi connectivity index (χ0) is 16.4. The lowest BCUT2D eigenvalue weighted by atomic mass is 10.0. The zero-order valence-corrected chi connectivity index (χ0v) is 10.9. The van der Waals surface area contributed by atoms with Gasteiger partial charge >= 0.3 is 17.7 Å². The molecule has 1 rings (SSSR count). The van der Waals surface area contributed by atoms with Gasteiger partial charge in [-0.15, -0.1) is 0 Å². The molecule has 0 aliphatic heterocycles. The topological polar surface area (TPSA) is 50.1 Å². The molecule has 0 N–H and O–H groups in total. The van der Waals surface area contributed by atoms with Crippen LogP contribution in [0.5, 0.6) is 0 Å². The fourth-order valence-corrected chi connectivity index (χ4v) is 2.20. The van der Waals surface area contributed by atoms with Crippen LogP contribution in [-0.2, 0) is 10.9 Å². The van der Waals surface area contributed by atoms with Gasteiger partial charge in [0.1, 0.15) is 0 Å². The molecule has 0 radical (unpaired) electrons. The summed E-state index contributed by atoms with van der Waals surface area (Å²) in [7, 11) is 0.905. The quantitative estimate of drug-likeness (QED) is 0.468. The molecule has 3 nitrogen and oxygen atoms in total. The molecular weight excluding hydrogens is 324 g/mol. The number of hydrogen-bond donors (Lipinski definition) is 0. The number of rotatable bonds is 2. The summed E-state index contributed by atoms with van der Waals surface area (Å²) in [6.07, 6.45) is -5.17. The van der Waals surface area contributed by atoms with Crippen molar-refractivity contribution >= 4 is 17.7 Å². The van der Waals surface area contributed by atoms with Crippen molar-refractivity contribution in [2.45, 2.75) is 16.6 Å². The lowest BCUT2D eigenvalue weighted by molar-refractivity contribution is -0.140. The Morgan fingerprint density at radius 1 is 1.24 bits per heavy atom. The Morgan fingerprint density at radius 2 is 1.81 bits per heavy atom. The first-order chi connectivity index (χ1) is 9.49. The number of alkyl halides is 6. The monoisotopic (exact) mass is 329 g/mol. The Balaban J connectivity index is 3.62. The van der Waals surface area contributed by atoms with Crippen molar-refractivity contribution in [2.24, 2.45) is 0 Å². The van der Waals surface area contributed by atoms with Crippen molar-refractivity contribution in [3.63, 3.8) is 0 Å². The summed E-state index contributed by atoms with van der Waals surface area (Å²) < 4.78 is 79.8. The van der Waals surface area contributed by atoms with Crippen LogP contribution in [0.15, 0.2) is 17.0 Å². The fraction of sp³-hybridized carbons (Fsp3) is 0.273. The van der Waals surface area contributed by atoms with Crippen LogP contribution < -0.4 is 0 Å². The van der Waals surface area contributed by atoms with Crippen LogP contribution in [0.4, 0.5) is 26.3 Å². The van der Waals surface area contributed by atoms with E-state index in [1.807, 2.05) is 0 Å². The standard InChI is InChI=1S/C11H5F6NO2S/c1-20-9(19)5-2-6(4-18)8(10(12,13)14)7(3-5)21-11(15,16)17/h2-3H,1H3. The third-order valence-corrected chi connectivity index (χ3v) is 2.93. The van der Waals surface area contributed by atoms with E-state index in [2.05, 4.69) is 4.74 Å². The maximum absolute atomic E-state index is 12.8. The van der Waals surface area contributed by atoms with Crippen LogP contribution in [0.25, 0.3) is 0 Å². The van der Waals surface area contributed by atoms with E-state index >= 15 is 0 Å². The van der Waals surface area contributed by atoms with Gasteiger partial charge in [-0.1, -0.05) is 0 Å². The van der Waals surface area contributed by atoms with Gasteiger partial charge in [0, 0.05) is 4.90 Å². The second-order valence-corrected chi connectivity index (χ2v) is 4.65. The van der Waals surface area contributed by atoms with Gasteiger partial charge in [-0.05, 0) is 23.9 Å². The summed E-state index contributed by atoms with van der Waals surface area (Å²) in [5.41, 5.74) is -8.41. The van der Waals surface area contributed by atoms with Crippen LogP contribution in [0.1, 0.15) is 21.5 Å². The molecule has 0 heterocycles. The van der Waals surface area contributed by atoms with E-state index in [1.165, 1.54) is 0 Å². The lowest BCUT2D eigenvalue weighted by Crippen LogP contribution is -2.14. The molecule has 0 fully saturated rings. The number of nitriles is 1. The molecule has 0 saturated heterocycles. The molecule has 10 heteroatoms. The van der Waals surface area contributed by atoms with Gasteiger partial charge in [-0.3, -0.25) is 0 Å². The summed E-state index contributed by atoms with van der Waals surface area (Å²) in [5, 5.41) is 8.69. The van der Waals surface area contributed by atoms with Crippen molar-refractivity contribution in [3.05, 3.63) is 28.8 Å². The van der Waals surface area contributed by atoms with Crippen molar-refractivity contribution in [3.8, 4) is 6.07 Å². The van der Waals surface area contributed by atoms with Gasteiger partial charge in [-0.25, -0.2) is 4.79 Å². The molecule has 1 aromatic rings. The Labute approximate surface area is 118 Å². The number of carbonyl (C=O) groups excluding carboxylic acids is 1. The van der Waals surface area contributed by atoms with Crippen LogP contribution in [-0.4, -0.2) is 18.6 Å². The lowest BCUT2D eigenvalue weighted by Gasteiger charge is -2.16. The van der Waals surface area contributed by atoms with E-state index in [1.54, 1.807) is 0 Å². The first-order valence-electron chi connectivity index (χ1n) is 4.99. The predicted octanol–water partition coefficient (Wildman–Crippen LogP) is 3.98. The molecule has 0 bridgehead atoms. The van der Waals surface area contributed by atoms with E-state index in [4.69, 9.17) is 5.26 Å². The molecule has 0 aliphatic carbocycles. The van der Waals surface area contributed by atoms with E-state index in [0.717, 1.165) is 13.2 Å². The maximum atomic E-state index is 12.8. The van der Waals surface area contributed by atoms with E-state index in [-0.39, 0.29) is 0 Å². The highest BCUT2D eigenvalue weighted by Crippen LogP contribution is 2.45. The molecule has 0 saturated carbocycles. The van der Waals surface area contributed by atoms with Gasteiger partial charge in [0.15, 0.2) is 0 Å². The van der Waals surface area contributed by atoms with Crippen molar-refractivity contribution < 1.29 is 35.9 Å². The number of halogens is 6. The molecule has 0 spiro atoms. The molecule has 0 unspecified atom stereocenters. The van der Waals surface area contributed by atoms with Crippen LogP contribution in [0.2, 0.25) is 0 Å². The Kier molecular flexibility index (Phi) is 4.78. The van der Waals surface area contributed by atoms with Crippen molar-refractivity contribution in [2.75, 3.05) is 7.11 Å². The second-order valence-electron chi connectivity index (χ2n) is 3.55. The molecule has 114 valence electrons. The first kappa shape index (κ1) is 17.2. The number of methoxy groups -OCH3 is 1. The van der Waals surface area contributed by atoms with E-state index in [9.17, 15) is 31.1 Å². The van der Waals surface area contributed by atoms with Crippen LogP contribution >= 0.6 is 11.8 Å². The minimum Gasteiger partial charge on any atom is -0.465 e. The Morgan fingerprint density at radius 3 is 2.19 bits per heavy atom. The summed E-state index contributed by atoms with van der Waals surface area (Å²) in [6, 6.07) is 2.07. The minimum absolute atomic E-state index is 0.396. The van der Waals surface area contributed by atoms with Crippen molar-refractivity contribution in [1.29, 1.82) is 5.26 Å². The average Bonchev–Trinajstić information content (AvgIpc) is 2.33. The average molecular weight is 329 g/mol. The Hall–Kier alpha value is -1.89. The summed E-state index contributed by atoms with van der Waals surface area (Å²) in [6.45, 7) is 0. The molecule has 0 amide bonds. The second kappa shape index (κ2) is 5.85. The number of esters is 1. The SMILES string of the molecule is COC(=O)c1cc(C#N)c(C(F)(F)F)c(SC(F)(F)F)c1. The fourth-order valence-electron chi connectivity index (χ4n) is 1.44. The van der Waals surface area contributed by atoms with Gasteiger partial charge in [0.05, 0.1) is 29.9 Å². The number of nitrogens with zero attached hydrogens (tertiary/aromatic N) is 1. The van der Waals surface area contributed by atoms with E-state index in [0.29, 0.717) is 12.1 Å². The highest BCUT2D eigenvalue weighted by atomic mass is 32.2. The largest absolute Gasteiger partial charge is 0.465 e. The molecule has 0 aliphatic rings. The number of thioether (sulfide) groups is 1. The van der Waals surface area contributed by atoms with Gasteiger partial charge in [-0.2, -0.15) is 31.6 Å². The maximum Gasteiger partial charge on any atom is 0.446 e. The highest BCUT2D eigenvalue weighted by Gasteiger charge is 2.41. The van der Waals surface area contributed by atoms with Crippen LogP contribution in [0, 0.1) is 11.3 Å². The molecule has 21 heavy (non-hydrogen) atoms. The van der Waals surface area contributed by atoms with Gasteiger partial charge in [0.25, 0.3) is 0 Å². The normalized spacial score (nSPS) is 11.9. The number of hydrogen-bond acceptors (Lipinski definition) is 4. The summed E-state index contributed by atoms with van der Waals surface area (Å²) >= 11 is -1.05. The Bertz CT molecular complexity index is 602. The smallest absolute Gasteiger partial charge is 0.446 e. The third-order valence-electron chi connectivity index (χ3n) is 2.15. The third kappa shape index (κ3) is 4.29. The molecule has 0 aromatic heterocycles. The van der Waals surface area contributed by atoms with E-state index < -0.39 is 51.0 Å². The number of ether oxygens (including phenoxy) is 1. The van der Waals surface area contributed by atoms with Crippen LogP contribution in [0.3, 0.4) is 0 Å². The first-order valence-corrected chi connectivity index (χ1v) is 5.80. The van der Waals surface area contributed by atoms with Gasteiger partial charge in [0.2, 0.25) is 0 Å².